The number of likely N-dealkylation sites (tertiary alicyclic amines) is 1. The average molecular weight is 297 g/mol. The summed E-state index contributed by atoms with van der Waals surface area (Å²) in [5.41, 5.74) is 5.93. The third-order valence-corrected chi connectivity index (χ3v) is 4.73. The monoisotopic (exact) mass is 297 g/mol. The number of nitrogens with zero attached hydrogens (tertiary/aromatic N) is 2. The number of hydrogen-bond acceptors (Lipinski definition) is 3. The van der Waals surface area contributed by atoms with Crippen molar-refractivity contribution in [2.24, 2.45) is 11.7 Å². The summed E-state index contributed by atoms with van der Waals surface area (Å²) in [5, 5.41) is 0. The van der Waals surface area contributed by atoms with Gasteiger partial charge in [-0.1, -0.05) is 33.6 Å². The molecule has 0 aromatic heterocycles. The molecule has 0 spiro atoms. The molecule has 4 heteroatoms. The summed E-state index contributed by atoms with van der Waals surface area (Å²) in [4.78, 5) is 17.0. The number of carbonyl (C=O) groups excluding carboxylic acids is 1. The zero-order chi connectivity index (χ0) is 15.7. The Balaban J connectivity index is 2.56. The summed E-state index contributed by atoms with van der Waals surface area (Å²) in [7, 11) is 0. The molecule has 0 saturated carbocycles. The molecule has 0 aromatic rings. The lowest BCUT2D eigenvalue weighted by molar-refractivity contribution is -0.133. The number of carbonyl (C=O) groups is 1. The number of nitrogens with two attached hydrogens (primary N) is 1. The number of hydrogen-bond donors (Lipinski definition) is 1. The van der Waals surface area contributed by atoms with Crippen molar-refractivity contribution in [3.63, 3.8) is 0 Å². The van der Waals surface area contributed by atoms with Gasteiger partial charge in [0.25, 0.3) is 0 Å². The maximum atomic E-state index is 12.6. The second-order valence-electron chi connectivity index (χ2n) is 6.48. The molecular weight excluding hydrogens is 262 g/mol. The third kappa shape index (κ3) is 5.95. The molecule has 4 nitrogen and oxygen atoms in total. The molecule has 1 rings (SSSR count). The highest BCUT2D eigenvalue weighted by Crippen LogP contribution is 2.22. The van der Waals surface area contributed by atoms with E-state index < -0.39 is 0 Å². The van der Waals surface area contributed by atoms with Gasteiger partial charge in [0.15, 0.2) is 0 Å². The van der Waals surface area contributed by atoms with E-state index in [1.807, 2.05) is 0 Å². The first kappa shape index (κ1) is 18.4. The van der Waals surface area contributed by atoms with Gasteiger partial charge in [-0.25, -0.2) is 0 Å². The van der Waals surface area contributed by atoms with E-state index in [2.05, 4.69) is 30.6 Å². The van der Waals surface area contributed by atoms with Gasteiger partial charge >= 0.3 is 0 Å². The van der Waals surface area contributed by atoms with Gasteiger partial charge in [-0.2, -0.15) is 0 Å². The Morgan fingerprint density at radius 1 is 1.24 bits per heavy atom. The van der Waals surface area contributed by atoms with E-state index >= 15 is 0 Å². The van der Waals surface area contributed by atoms with E-state index in [4.69, 9.17) is 5.73 Å². The molecule has 1 aliphatic heterocycles. The molecule has 1 heterocycles. The smallest absolute Gasteiger partial charge is 0.236 e. The molecule has 0 bridgehead atoms. The Hall–Kier alpha value is -0.610. The maximum Gasteiger partial charge on any atom is 0.236 e. The third-order valence-electron chi connectivity index (χ3n) is 4.73. The molecule has 2 atom stereocenters. The number of amides is 1. The van der Waals surface area contributed by atoms with E-state index in [0.717, 1.165) is 45.3 Å². The fourth-order valence-corrected chi connectivity index (χ4v) is 3.25. The summed E-state index contributed by atoms with van der Waals surface area (Å²) in [6.45, 7) is 10.7. The standard InChI is InChI=1S/C17H35N3O/c1-4-6-10-19(11-7-5-2)17(21)14-20-12-8-9-15(3)16(20)13-18/h15-16H,4-14,18H2,1-3H3. The molecule has 1 saturated heterocycles. The highest BCUT2D eigenvalue weighted by atomic mass is 16.2. The quantitative estimate of drug-likeness (QED) is 0.711. The van der Waals surface area contributed by atoms with Gasteiger partial charge in [-0.15, -0.1) is 0 Å². The molecule has 124 valence electrons. The van der Waals surface area contributed by atoms with E-state index in [-0.39, 0.29) is 0 Å². The van der Waals surface area contributed by atoms with Crippen LogP contribution in [0, 0.1) is 5.92 Å². The Kier molecular flexibility index (Phi) is 8.93. The molecule has 21 heavy (non-hydrogen) atoms. The predicted octanol–water partition coefficient (Wildman–Crippen LogP) is 2.47. The lowest BCUT2D eigenvalue weighted by atomic mass is 9.91. The fourth-order valence-electron chi connectivity index (χ4n) is 3.25. The van der Waals surface area contributed by atoms with Crippen LogP contribution in [0.15, 0.2) is 0 Å². The van der Waals surface area contributed by atoms with Crippen LogP contribution in [0.1, 0.15) is 59.3 Å². The Morgan fingerprint density at radius 3 is 2.38 bits per heavy atom. The van der Waals surface area contributed by atoms with Crippen molar-refractivity contribution in [1.29, 1.82) is 0 Å². The minimum atomic E-state index is 0.296. The normalized spacial score (nSPS) is 23.2. The second kappa shape index (κ2) is 10.2. The molecule has 1 fully saturated rings. The Bertz CT molecular complexity index is 288. The van der Waals surface area contributed by atoms with Crippen LogP contribution in [0.5, 0.6) is 0 Å². The van der Waals surface area contributed by atoms with Crippen molar-refractivity contribution in [2.75, 3.05) is 32.7 Å². The second-order valence-corrected chi connectivity index (χ2v) is 6.48. The number of rotatable bonds is 9. The van der Waals surface area contributed by atoms with Crippen molar-refractivity contribution in [1.82, 2.24) is 9.80 Å². The van der Waals surface area contributed by atoms with Crippen molar-refractivity contribution >= 4 is 5.91 Å². The summed E-state index contributed by atoms with van der Waals surface area (Å²) in [6, 6.07) is 0.377. The molecule has 0 aliphatic carbocycles. The van der Waals surface area contributed by atoms with Crippen molar-refractivity contribution < 1.29 is 4.79 Å². The lowest BCUT2D eigenvalue weighted by Gasteiger charge is -2.39. The largest absolute Gasteiger partial charge is 0.342 e. The molecule has 2 N–H and O–H groups in total. The van der Waals surface area contributed by atoms with Crippen LogP contribution in [0.4, 0.5) is 0 Å². The topological polar surface area (TPSA) is 49.6 Å². The van der Waals surface area contributed by atoms with Gasteiger partial charge in [0.2, 0.25) is 5.91 Å². The van der Waals surface area contributed by atoms with Gasteiger partial charge in [0.05, 0.1) is 6.54 Å². The Morgan fingerprint density at radius 2 is 1.86 bits per heavy atom. The molecule has 0 radical (unpaired) electrons. The van der Waals surface area contributed by atoms with Gasteiger partial charge in [0, 0.05) is 25.7 Å². The van der Waals surface area contributed by atoms with Crippen LogP contribution < -0.4 is 5.73 Å². The predicted molar refractivity (Wildman–Crippen MR) is 89.2 cm³/mol. The van der Waals surface area contributed by atoms with E-state index in [0.29, 0.717) is 31.0 Å². The number of piperidine rings is 1. The van der Waals surface area contributed by atoms with Crippen LogP contribution in [-0.4, -0.2) is 54.5 Å². The van der Waals surface area contributed by atoms with Crippen molar-refractivity contribution in [3.05, 3.63) is 0 Å². The zero-order valence-electron chi connectivity index (χ0n) is 14.3. The molecule has 1 aliphatic rings. The molecule has 0 aromatic carbocycles. The molecule has 2 unspecified atom stereocenters. The van der Waals surface area contributed by atoms with Gasteiger partial charge in [0.1, 0.15) is 0 Å². The minimum absolute atomic E-state index is 0.296. The van der Waals surface area contributed by atoms with Gasteiger partial charge in [-0.05, 0) is 38.1 Å². The summed E-state index contributed by atoms with van der Waals surface area (Å²) in [6.07, 6.45) is 6.92. The SMILES string of the molecule is CCCCN(CCCC)C(=O)CN1CCCC(C)C1CN. The first-order valence-electron chi connectivity index (χ1n) is 8.85. The molecular formula is C17H35N3O. The van der Waals surface area contributed by atoms with Crippen LogP contribution >= 0.6 is 0 Å². The maximum absolute atomic E-state index is 12.6. The first-order valence-corrected chi connectivity index (χ1v) is 8.85. The van der Waals surface area contributed by atoms with E-state index in [9.17, 15) is 4.79 Å². The van der Waals surface area contributed by atoms with E-state index in [1.54, 1.807) is 0 Å². The van der Waals surface area contributed by atoms with Crippen molar-refractivity contribution in [3.8, 4) is 0 Å². The zero-order valence-corrected chi connectivity index (χ0v) is 14.3. The van der Waals surface area contributed by atoms with Crippen LogP contribution in [0.25, 0.3) is 0 Å². The summed E-state index contributed by atoms with van der Waals surface area (Å²) < 4.78 is 0. The highest BCUT2D eigenvalue weighted by Gasteiger charge is 2.29. The summed E-state index contributed by atoms with van der Waals surface area (Å²) in [5.74, 6) is 0.903. The van der Waals surface area contributed by atoms with Crippen LogP contribution in [0.3, 0.4) is 0 Å². The van der Waals surface area contributed by atoms with Crippen molar-refractivity contribution in [2.45, 2.75) is 65.3 Å². The lowest BCUT2D eigenvalue weighted by Crippen LogP contribution is -2.52. The average Bonchev–Trinajstić information content (AvgIpc) is 2.47. The van der Waals surface area contributed by atoms with Crippen LogP contribution in [0.2, 0.25) is 0 Å². The first-order chi connectivity index (χ1) is 10.1. The van der Waals surface area contributed by atoms with Crippen LogP contribution in [-0.2, 0) is 4.79 Å². The fraction of sp³-hybridized carbons (Fsp3) is 0.941. The Labute approximate surface area is 131 Å². The van der Waals surface area contributed by atoms with Gasteiger partial charge < -0.3 is 10.6 Å². The van der Waals surface area contributed by atoms with Gasteiger partial charge in [-0.3, -0.25) is 9.69 Å². The highest BCUT2D eigenvalue weighted by molar-refractivity contribution is 5.78. The number of unbranched alkanes of at least 4 members (excludes halogenated alkanes) is 2. The van der Waals surface area contributed by atoms with E-state index in [1.165, 1.54) is 12.8 Å². The minimum Gasteiger partial charge on any atom is -0.342 e. The summed E-state index contributed by atoms with van der Waals surface area (Å²) >= 11 is 0. The molecule has 1 amide bonds.